The summed E-state index contributed by atoms with van der Waals surface area (Å²) in [7, 11) is 0. The zero-order chi connectivity index (χ0) is 13.3. The summed E-state index contributed by atoms with van der Waals surface area (Å²) in [6.45, 7) is 2.72. The van der Waals surface area contributed by atoms with Crippen molar-refractivity contribution in [2.75, 3.05) is 18.8 Å². The third kappa shape index (κ3) is 2.46. The van der Waals surface area contributed by atoms with E-state index < -0.39 is 17.8 Å². The summed E-state index contributed by atoms with van der Waals surface area (Å²) in [5, 5.41) is 9.76. The van der Waals surface area contributed by atoms with Gasteiger partial charge in [0.1, 0.15) is 5.82 Å². The Hall–Kier alpha value is -1.62. The van der Waals surface area contributed by atoms with E-state index in [1.807, 2.05) is 6.92 Å². The van der Waals surface area contributed by atoms with E-state index in [4.69, 9.17) is 5.73 Å². The van der Waals surface area contributed by atoms with Crippen molar-refractivity contribution < 1.29 is 14.3 Å². The minimum absolute atomic E-state index is 0.0308. The quantitative estimate of drug-likeness (QED) is 0.739. The molecule has 4 nitrogen and oxygen atoms in total. The maximum absolute atomic E-state index is 13.6. The van der Waals surface area contributed by atoms with Crippen molar-refractivity contribution >= 4 is 11.6 Å². The van der Waals surface area contributed by atoms with E-state index in [0.717, 1.165) is 6.42 Å². The fourth-order valence-corrected chi connectivity index (χ4v) is 2.11. The first-order chi connectivity index (χ1) is 8.49. The Morgan fingerprint density at radius 1 is 1.56 bits per heavy atom. The van der Waals surface area contributed by atoms with Crippen LogP contribution >= 0.6 is 0 Å². The van der Waals surface area contributed by atoms with Gasteiger partial charge in [-0.05, 0) is 30.5 Å². The Morgan fingerprint density at radius 2 is 2.28 bits per heavy atom. The molecule has 1 aromatic rings. The van der Waals surface area contributed by atoms with Gasteiger partial charge < -0.3 is 15.7 Å². The summed E-state index contributed by atoms with van der Waals surface area (Å²) in [5.41, 5.74) is 5.88. The highest BCUT2D eigenvalue weighted by atomic mass is 19.1. The molecule has 1 saturated heterocycles. The number of nitrogen functional groups attached to an aromatic ring is 1. The maximum Gasteiger partial charge on any atom is 0.256 e. The average molecular weight is 252 g/mol. The van der Waals surface area contributed by atoms with Gasteiger partial charge in [-0.15, -0.1) is 0 Å². The molecule has 1 aromatic carbocycles. The van der Waals surface area contributed by atoms with Crippen LogP contribution in [0.25, 0.3) is 0 Å². The highest BCUT2D eigenvalue weighted by Gasteiger charge is 2.28. The van der Waals surface area contributed by atoms with Crippen LogP contribution in [-0.4, -0.2) is 35.1 Å². The van der Waals surface area contributed by atoms with E-state index in [1.54, 1.807) is 0 Å². The van der Waals surface area contributed by atoms with Crippen LogP contribution in [0.1, 0.15) is 23.7 Å². The molecule has 1 aliphatic rings. The number of carbonyl (C=O) groups is 1. The van der Waals surface area contributed by atoms with E-state index in [2.05, 4.69) is 0 Å². The lowest BCUT2D eigenvalue weighted by atomic mass is 9.95. The molecule has 0 spiro atoms. The molecule has 0 saturated carbocycles. The molecule has 2 atom stereocenters. The van der Waals surface area contributed by atoms with E-state index in [9.17, 15) is 14.3 Å². The van der Waals surface area contributed by atoms with Gasteiger partial charge in [0.05, 0.1) is 11.7 Å². The lowest BCUT2D eigenvalue weighted by molar-refractivity contribution is 0.0246. The highest BCUT2D eigenvalue weighted by molar-refractivity contribution is 5.95. The Balaban J connectivity index is 2.19. The van der Waals surface area contributed by atoms with Crippen LogP contribution < -0.4 is 5.73 Å². The topological polar surface area (TPSA) is 66.6 Å². The summed E-state index contributed by atoms with van der Waals surface area (Å²) in [6.07, 6.45) is 0.170. The molecule has 2 rings (SSSR count). The van der Waals surface area contributed by atoms with Gasteiger partial charge in [0.2, 0.25) is 0 Å². The lowest BCUT2D eigenvalue weighted by Crippen LogP contribution is -2.46. The zero-order valence-electron chi connectivity index (χ0n) is 10.3. The van der Waals surface area contributed by atoms with Crippen molar-refractivity contribution in [3.05, 3.63) is 29.6 Å². The molecule has 5 heteroatoms. The van der Waals surface area contributed by atoms with Crippen LogP contribution in [0.15, 0.2) is 18.2 Å². The second kappa shape index (κ2) is 4.94. The van der Waals surface area contributed by atoms with Crippen LogP contribution in [-0.2, 0) is 0 Å². The molecule has 2 unspecified atom stereocenters. The number of benzene rings is 1. The zero-order valence-corrected chi connectivity index (χ0v) is 10.3. The van der Waals surface area contributed by atoms with Crippen molar-refractivity contribution in [2.45, 2.75) is 19.4 Å². The standard InChI is InChI=1S/C13H17FN2O2/c1-8-4-5-16(7-12(8)17)13(18)10-6-9(15)2-3-11(10)14/h2-3,6,8,12,17H,4-5,7,15H2,1H3. The molecule has 0 bridgehead atoms. The van der Waals surface area contributed by atoms with Crippen LogP contribution in [0.5, 0.6) is 0 Å². The number of hydrogen-bond donors (Lipinski definition) is 2. The number of nitrogens with two attached hydrogens (primary N) is 1. The van der Waals surface area contributed by atoms with E-state index >= 15 is 0 Å². The Labute approximate surface area is 105 Å². The molecule has 18 heavy (non-hydrogen) atoms. The van der Waals surface area contributed by atoms with Gasteiger partial charge in [0, 0.05) is 18.8 Å². The number of hydrogen-bond acceptors (Lipinski definition) is 3. The van der Waals surface area contributed by atoms with E-state index in [1.165, 1.54) is 23.1 Å². The first kappa shape index (κ1) is 12.8. The monoisotopic (exact) mass is 252 g/mol. The van der Waals surface area contributed by atoms with E-state index in [0.29, 0.717) is 12.2 Å². The summed E-state index contributed by atoms with van der Waals surface area (Å²) < 4.78 is 13.6. The van der Waals surface area contributed by atoms with Gasteiger partial charge in [0.25, 0.3) is 5.91 Å². The van der Waals surface area contributed by atoms with Gasteiger partial charge >= 0.3 is 0 Å². The SMILES string of the molecule is CC1CCN(C(=O)c2cc(N)ccc2F)CC1O. The largest absolute Gasteiger partial charge is 0.399 e. The van der Waals surface area contributed by atoms with Crippen LogP contribution in [0.2, 0.25) is 0 Å². The first-order valence-corrected chi connectivity index (χ1v) is 6.01. The number of rotatable bonds is 1. The smallest absolute Gasteiger partial charge is 0.256 e. The number of amides is 1. The molecular weight excluding hydrogens is 235 g/mol. The number of nitrogens with zero attached hydrogens (tertiary/aromatic N) is 1. The van der Waals surface area contributed by atoms with Crippen molar-refractivity contribution in [3.63, 3.8) is 0 Å². The molecule has 1 heterocycles. The van der Waals surface area contributed by atoms with Crippen molar-refractivity contribution in [3.8, 4) is 0 Å². The number of aliphatic hydroxyl groups is 1. The molecule has 0 radical (unpaired) electrons. The number of β-amino-alcohol motifs (C(OH)–C–C–N with tert-alkyl or cyclic N) is 1. The van der Waals surface area contributed by atoms with E-state index in [-0.39, 0.29) is 18.0 Å². The minimum Gasteiger partial charge on any atom is -0.399 e. The lowest BCUT2D eigenvalue weighted by Gasteiger charge is -2.34. The number of carbonyl (C=O) groups excluding carboxylic acids is 1. The van der Waals surface area contributed by atoms with Crippen molar-refractivity contribution in [2.24, 2.45) is 5.92 Å². The average Bonchev–Trinajstić information content (AvgIpc) is 2.35. The Kier molecular flexibility index (Phi) is 3.52. The van der Waals surface area contributed by atoms with Gasteiger partial charge in [-0.3, -0.25) is 4.79 Å². The highest BCUT2D eigenvalue weighted by Crippen LogP contribution is 2.21. The molecule has 1 fully saturated rings. The minimum atomic E-state index is -0.581. The summed E-state index contributed by atoms with van der Waals surface area (Å²) in [6, 6.07) is 3.94. The number of piperidine rings is 1. The third-order valence-electron chi connectivity index (χ3n) is 3.43. The second-order valence-corrected chi connectivity index (χ2v) is 4.82. The Bertz CT molecular complexity index is 464. The molecule has 0 aliphatic carbocycles. The third-order valence-corrected chi connectivity index (χ3v) is 3.43. The number of anilines is 1. The number of halogens is 1. The van der Waals surface area contributed by atoms with Gasteiger partial charge in [-0.1, -0.05) is 6.92 Å². The molecular formula is C13H17FN2O2. The fraction of sp³-hybridized carbons (Fsp3) is 0.462. The van der Waals surface area contributed by atoms with Gasteiger partial charge in [-0.25, -0.2) is 4.39 Å². The van der Waals surface area contributed by atoms with Crippen LogP contribution in [0, 0.1) is 11.7 Å². The summed E-state index contributed by atoms with van der Waals surface area (Å²) in [4.78, 5) is 13.6. The molecule has 3 N–H and O–H groups in total. The summed E-state index contributed by atoms with van der Waals surface area (Å²) >= 11 is 0. The molecule has 1 aliphatic heterocycles. The Morgan fingerprint density at radius 3 is 2.94 bits per heavy atom. The van der Waals surface area contributed by atoms with Crippen LogP contribution in [0.3, 0.4) is 0 Å². The second-order valence-electron chi connectivity index (χ2n) is 4.82. The number of likely N-dealkylation sites (tertiary alicyclic amines) is 1. The van der Waals surface area contributed by atoms with Crippen molar-refractivity contribution in [1.29, 1.82) is 0 Å². The summed E-state index contributed by atoms with van der Waals surface area (Å²) in [5.74, 6) is -0.826. The predicted molar refractivity (Wildman–Crippen MR) is 66.5 cm³/mol. The fourth-order valence-electron chi connectivity index (χ4n) is 2.11. The molecule has 0 aromatic heterocycles. The first-order valence-electron chi connectivity index (χ1n) is 6.01. The predicted octanol–water partition coefficient (Wildman–Crippen LogP) is 1.25. The van der Waals surface area contributed by atoms with Crippen molar-refractivity contribution in [1.82, 2.24) is 4.90 Å². The molecule has 1 amide bonds. The maximum atomic E-state index is 13.6. The normalized spacial score (nSPS) is 24.1. The van der Waals surface area contributed by atoms with Crippen LogP contribution in [0.4, 0.5) is 10.1 Å². The van der Waals surface area contributed by atoms with Gasteiger partial charge in [-0.2, -0.15) is 0 Å². The van der Waals surface area contributed by atoms with Gasteiger partial charge in [0.15, 0.2) is 0 Å². The number of aliphatic hydroxyl groups excluding tert-OH is 1. The molecule has 98 valence electrons.